The Kier molecular flexibility index (Phi) is 5.30. The third-order valence-electron chi connectivity index (χ3n) is 4.41. The lowest BCUT2D eigenvalue weighted by molar-refractivity contribution is -0.385. The Hall–Kier alpha value is -3.48. The van der Waals surface area contributed by atoms with Crippen molar-refractivity contribution >= 4 is 17.7 Å². The van der Waals surface area contributed by atoms with Gasteiger partial charge < -0.3 is 4.57 Å². The zero-order valence-corrected chi connectivity index (χ0v) is 15.5. The van der Waals surface area contributed by atoms with Gasteiger partial charge in [0.2, 0.25) is 0 Å². The molecule has 0 saturated carbocycles. The van der Waals surface area contributed by atoms with Crippen molar-refractivity contribution in [2.75, 3.05) is 5.43 Å². The van der Waals surface area contributed by atoms with E-state index in [9.17, 15) is 10.1 Å². The Morgan fingerprint density at radius 3 is 2.56 bits per heavy atom. The lowest BCUT2D eigenvalue weighted by atomic mass is 10.1. The van der Waals surface area contributed by atoms with Gasteiger partial charge in [-0.05, 0) is 50.1 Å². The van der Waals surface area contributed by atoms with Crippen molar-refractivity contribution in [3.05, 3.63) is 81.3 Å². The van der Waals surface area contributed by atoms with Gasteiger partial charge in [0, 0.05) is 28.7 Å². The molecule has 0 unspecified atom stereocenters. The number of rotatable bonds is 6. The highest BCUT2D eigenvalue weighted by Gasteiger charge is 2.09. The molecule has 1 aromatic carbocycles. The van der Waals surface area contributed by atoms with Gasteiger partial charge in [-0.15, -0.1) is 0 Å². The molecule has 0 aliphatic heterocycles. The second-order valence-corrected chi connectivity index (χ2v) is 6.21. The molecule has 0 bridgehead atoms. The molecule has 3 rings (SSSR count). The van der Waals surface area contributed by atoms with Gasteiger partial charge in [-0.1, -0.05) is 19.1 Å². The monoisotopic (exact) mass is 363 g/mol. The Labute approximate surface area is 157 Å². The lowest BCUT2D eigenvalue weighted by Gasteiger charge is -2.10. The summed E-state index contributed by atoms with van der Waals surface area (Å²) in [5.74, 6) is 0.445. The van der Waals surface area contributed by atoms with Gasteiger partial charge in [-0.3, -0.25) is 15.5 Å². The van der Waals surface area contributed by atoms with Crippen LogP contribution in [0.25, 0.3) is 5.69 Å². The number of hydrazone groups is 1. The van der Waals surface area contributed by atoms with Crippen LogP contribution in [0.4, 0.5) is 11.5 Å². The summed E-state index contributed by atoms with van der Waals surface area (Å²) in [4.78, 5) is 14.1. The highest BCUT2D eigenvalue weighted by atomic mass is 16.6. The van der Waals surface area contributed by atoms with Crippen LogP contribution < -0.4 is 5.43 Å². The van der Waals surface area contributed by atoms with Gasteiger partial charge in [0.1, 0.15) is 12.0 Å². The first-order valence-corrected chi connectivity index (χ1v) is 8.67. The van der Waals surface area contributed by atoms with Gasteiger partial charge in [0.05, 0.1) is 11.1 Å². The van der Waals surface area contributed by atoms with Crippen LogP contribution in [0.2, 0.25) is 0 Å². The Morgan fingerprint density at radius 2 is 1.96 bits per heavy atom. The summed E-state index contributed by atoms with van der Waals surface area (Å²) < 4.78 is 2.19. The molecule has 0 aliphatic rings. The quantitative estimate of drug-likeness (QED) is 0.399. The van der Waals surface area contributed by atoms with Crippen molar-refractivity contribution in [2.24, 2.45) is 5.10 Å². The predicted molar refractivity (Wildman–Crippen MR) is 107 cm³/mol. The number of nitro groups is 1. The van der Waals surface area contributed by atoms with E-state index < -0.39 is 4.92 Å². The molecule has 0 amide bonds. The zero-order valence-electron chi connectivity index (χ0n) is 15.5. The summed E-state index contributed by atoms with van der Waals surface area (Å²) in [6, 6.07) is 13.5. The third kappa shape index (κ3) is 4.03. The molecule has 0 atom stereocenters. The van der Waals surface area contributed by atoms with Gasteiger partial charge >= 0.3 is 0 Å². The normalized spacial score (nSPS) is 11.1. The number of hydrogen-bond donors (Lipinski definition) is 1. The third-order valence-corrected chi connectivity index (χ3v) is 4.41. The molecule has 0 aliphatic carbocycles. The Bertz CT molecular complexity index is 973. The maximum absolute atomic E-state index is 10.6. The zero-order chi connectivity index (χ0) is 19.4. The molecular formula is C20H21N5O2. The van der Waals surface area contributed by atoms with E-state index in [1.54, 1.807) is 6.21 Å². The number of pyridine rings is 1. The summed E-state index contributed by atoms with van der Waals surface area (Å²) in [5.41, 5.74) is 8.36. The minimum Gasteiger partial charge on any atom is -0.318 e. The van der Waals surface area contributed by atoms with Crippen molar-refractivity contribution in [3.8, 4) is 5.69 Å². The van der Waals surface area contributed by atoms with Crippen molar-refractivity contribution in [2.45, 2.75) is 27.2 Å². The first-order chi connectivity index (χ1) is 13.0. The topological polar surface area (TPSA) is 85.3 Å². The first-order valence-electron chi connectivity index (χ1n) is 8.67. The van der Waals surface area contributed by atoms with Crippen LogP contribution in [0.5, 0.6) is 0 Å². The van der Waals surface area contributed by atoms with Crippen LogP contribution in [-0.2, 0) is 6.42 Å². The highest BCUT2D eigenvalue weighted by molar-refractivity contribution is 5.82. The van der Waals surface area contributed by atoms with E-state index in [2.05, 4.69) is 64.3 Å². The number of aromatic nitrogens is 2. The number of nitrogens with one attached hydrogen (secondary N) is 1. The number of hydrogen-bond acceptors (Lipinski definition) is 5. The fraction of sp³-hybridized carbons (Fsp3) is 0.200. The van der Waals surface area contributed by atoms with Crippen molar-refractivity contribution in [1.29, 1.82) is 0 Å². The van der Waals surface area contributed by atoms with E-state index in [-0.39, 0.29) is 5.69 Å². The minimum atomic E-state index is -0.484. The summed E-state index contributed by atoms with van der Waals surface area (Å²) in [6.07, 6.45) is 3.94. The number of nitrogens with zero attached hydrogens (tertiary/aromatic N) is 4. The number of aryl methyl sites for hydroxylation is 2. The smallest absolute Gasteiger partial charge is 0.287 e. The molecule has 138 valence electrons. The van der Waals surface area contributed by atoms with E-state index >= 15 is 0 Å². The summed E-state index contributed by atoms with van der Waals surface area (Å²) in [7, 11) is 0. The molecule has 7 nitrogen and oxygen atoms in total. The lowest BCUT2D eigenvalue weighted by Crippen LogP contribution is -2.00. The predicted octanol–water partition coefficient (Wildman–Crippen LogP) is 4.41. The molecule has 7 heteroatoms. The van der Waals surface area contributed by atoms with Gasteiger partial charge in [-0.25, -0.2) is 4.98 Å². The molecule has 27 heavy (non-hydrogen) atoms. The molecule has 2 aromatic heterocycles. The Morgan fingerprint density at radius 1 is 1.22 bits per heavy atom. The summed E-state index contributed by atoms with van der Waals surface area (Å²) in [6.45, 7) is 6.25. The molecule has 0 saturated heterocycles. The second kappa shape index (κ2) is 7.82. The average Bonchev–Trinajstić information content (AvgIpc) is 2.96. The molecule has 1 N–H and O–H groups in total. The van der Waals surface area contributed by atoms with Crippen LogP contribution in [-0.4, -0.2) is 20.7 Å². The van der Waals surface area contributed by atoms with E-state index in [1.807, 2.05) is 6.92 Å². The summed E-state index contributed by atoms with van der Waals surface area (Å²) in [5, 5.41) is 14.9. The molecule has 2 heterocycles. The van der Waals surface area contributed by atoms with Gasteiger partial charge in [-0.2, -0.15) is 5.10 Å². The molecule has 0 spiro atoms. The Balaban J connectivity index is 1.77. The fourth-order valence-corrected chi connectivity index (χ4v) is 2.92. The summed E-state index contributed by atoms with van der Waals surface area (Å²) >= 11 is 0. The van der Waals surface area contributed by atoms with Crippen molar-refractivity contribution < 1.29 is 4.92 Å². The number of benzene rings is 1. The van der Waals surface area contributed by atoms with E-state index in [1.165, 1.54) is 23.9 Å². The molecule has 0 radical (unpaired) electrons. The molecular weight excluding hydrogens is 342 g/mol. The van der Waals surface area contributed by atoms with Gasteiger partial charge in [0.15, 0.2) is 0 Å². The van der Waals surface area contributed by atoms with E-state index in [0.717, 1.165) is 29.1 Å². The SMILES string of the molecule is CCc1ccc(-n2c(C)cc(C=NNc3ccc([N+](=O)[O-])cn3)c2C)cc1. The van der Waals surface area contributed by atoms with Crippen LogP contribution >= 0.6 is 0 Å². The minimum absolute atomic E-state index is 0.0535. The average molecular weight is 363 g/mol. The van der Waals surface area contributed by atoms with E-state index in [4.69, 9.17) is 0 Å². The maximum atomic E-state index is 10.6. The standard InChI is InChI=1S/C20H21N5O2/c1-4-16-5-7-18(8-6-16)24-14(2)11-17(15(24)3)12-22-23-20-10-9-19(13-21-20)25(26)27/h5-13H,4H2,1-3H3,(H,21,23). The molecule has 3 aromatic rings. The van der Waals surface area contributed by atoms with Crippen LogP contribution in [0.15, 0.2) is 53.8 Å². The number of anilines is 1. The van der Waals surface area contributed by atoms with Crippen molar-refractivity contribution in [3.63, 3.8) is 0 Å². The van der Waals surface area contributed by atoms with Crippen LogP contribution in [0.3, 0.4) is 0 Å². The van der Waals surface area contributed by atoms with E-state index in [0.29, 0.717) is 5.82 Å². The largest absolute Gasteiger partial charge is 0.318 e. The highest BCUT2D eigenvalue weighted by Crippen LogP contribution is 2.20. The maximum Gasteiger partial charge on any atom is 0.287 e. The first kappa shape index (κ1) is 18.3. The van der Waals surface area contributed by atoms with Gasteiger partial charge in [0.25, 0.3) is 5.69 Å². The van der Waals surface area contributed by atoms with Crippen LogP contribution in [0, 0.1) is 24.0 Å². The fourth-order valence-electron chi connectivity index (χ4n) is 2.92. The second-order valence-electron chi connectivity index (χ2n) is 6.21. The van der Waals surface area contributed by atoms with Crippen molar-refractivity contribution in [1.82, 2.24) is 9.55 Å². The molecule has 0 fully saturated rings. The van der Waals surface area contributed by atoms with Crippen LogP contribution in [0.1, 0.15) is 29.4 Å².